The van der Waals surface area contributed by atoms with Gasteiger partial charge in [-0.05, 0) is 62.7 Å². The van der Waals surface area contributed by atoms with Crippen molar-refractivity contribution in [3.05, 3.63) is 99.1 Å². The number of amides is 2. The second kappa shape index (κ2) is 9.99. The van der Waals surface area contributed by atoms with Crippen LogP contribution in [-0.2, 0) is 4.79 Å². The molecule has 2 aromatic carbocycles. The smallest absolute Gasteiger partial charge is 0.261 e. The van der Waals surface area contributed by atoms with E-state index in [1.807, 2.05) is 50.2 Å². The average Bonchev–Trinajstić information content (AvgIpc) is 3.18. The molecule has 2 heterocycles. The number of anilines is 2. The van der Waals surface area contributed by atoms with E-state index in [9.17, 15) is 14.4 Å². The van der Waals surface area contributed by atoms with Gasteiger partial charge < -0.3 is 15.6 Å². The predicted molar refractivity (Wildman–Crippen MR) is 137 cm³/mol. The Kier molecular flexibility index (Phi) is 6.84. The first kappa shape index (κ1) is 24.0. The molecule has 0 saturated heterocycles. The van der Waals surface area contributed by atoms with Crippen molar-refractivity contribution in [2.75, 3.05) is 10.6 Å². The topological polar surface area (TPSA) is 109 Å². The van der Waals surface area contributed by atoms with Crippen LogP contribution in [0, 0.1) is 13.8 Å². The van der Waals surface area contributed by atoms with Gasteiger partial charge in [0.25, 0.3) is 11.5 Å². The molecule has 4 rings (SSSR count). The number of aromatic amines is 1. The summed E-state index contributed by atoms with van der Waals surface area (Å²) in [6, 6.07) is 18.6. The van der Waals surface area contributed by atoms with Crippen molar-refractivity contribution in [3.8, 4) is 11.3 Å². The predicted octanol–water partition coefficient (Wildman–Crippen LogP) is 4.96. The summed E-state index contributed by atoms with van der Waals surface area (Å²) in [7, 11) is 0. The molecular formula is C26H24ClN5O3. The molecule has 1 atom stereocenters. The van der Waals surface area contributed by atoms with Gasteiger partial charge in [0.15, 0.2) is 0 Å². The zero-order chi connectivity index (χ0) is 25.1. The molecular weight excluding hydrogens is 466 g/mol. The summed E-state index contributed by atoms with van der Waals surface area (Å²) in [5, 5.41) is 10.0. The molecule has 178 valence electrons. The van der Waals surface area contributed by atoms with Gasteiger partial charge in [-0.1, -0.05) is 41.9 Å². The van der Waals surface area contributed by atoms with E-state index in [4.69, 9.17) is 11.6 Å². The number of aryl methyl sites for hydroxylation is 2. The van der Waals surface area contributed by atoms with Crippen LogP contribution in [0.1, 0.15) is 34.7 Å². The highest BCUT2D eigenvalue weighted by Crippen LogP contribution is 2.27. The molecule has 3 N–H and O–H groups in total. The number of pyridine rings is 1. The minimum absolute atomic E-state index is 0.0307. The summed E-state index contributed by atoms with van der Waals surface area (Å²) in [4.78, 5) is 40.6. The molecule has 0 aliphatic rings. The lowest BCUT2D eigenvalue weighted by atomic mass is 10.1. The summed E-state index contributed by atoms with van der Waals surface area (Å²) in [5.74, 6) is -0.850. The van der Waals surface area contributed by atoms with E-state index in [1.165, 1.54) is 12.1 Å². The van der Waals surface area contributed by atoms with Crippen molar-refractivity contribution < 1.29 is 9.59 Å². The number of H-pyrrole nitrogens is 1. The van der Waals surface area contributed by atoms with E-state index in [1.54, 1.807) is 29.8 Å². The maximum Gasteiger partial charge on any atom is 0.261 e. The number of nitrogens with zero attached hydrogens (tertiary/aromatic N) is 2. The Labute approximate surface area is 207 Å². The van der Waals surface area contributed by atoms with Crippen LogP contribution < -0.4 is 16.2 Å². The van der Waals surface area contributed by atoms with Gasteiger partial charge in [0.05, 0.1) is 16.4 Å². The number of halogens is 1. The number of hydrogen-bond donors (Lipinski definition) is 3. The fourth-order valence-corrected chi connectivity index (χ4v) is 3.95. The summed E-state index contributed by atoms with van der Waals surface area (Å²) < 4.78 is 1.65. The van der Waals surface area contributed by atoms with Crippen molar-refractivity contribution >= 4 is 34.8 Å². The highest BCUT2D eigenvalue weighted by molar-refractivity contribution is 6.34. The Morgan fingerprint density at radius 1 is 1.00 bits per heavy atom. The lowest BCUT2D eigenvalue weighted by Crippen LogP contribution is -2.25. The standard InChI is InChI=1S/C26H24ClN5O3/c1-15-13-16(2)32(31-15)17(3)24(33)30-23-11-9-19(14-21(23)27)28-25(34)20-10-12-22(29-26(20)35)18-7-5-4-6-8-18/h4-14,17H,1-3H3,(H,28,34)(H,29,35)(H,30,33). The van der Waals surface area contributed by atoms with Crippen LogP contribution in [-0.4, -0.2) is 26.6 Å². The number of nitrogens with one attached hydrogen (secondary N) is 3. The van der Waals surface area contributed by atoms with E-state index >= 15 is 0 Å². The number of rotatable bonds is 6. The van der Waals surface area contributed by atoms with Gasteiger partial charge in [-0.2, -0.15) is 5.10 Å². The average molecular weight is 490 g/mol. The summed E-state index contributed by atoms with van der Waals surface area (Å²) >= 11 is 6.35. The van der Waals surface area contributed by atoms with E-state index < -0.39 is 17.5 Å². The molecule has 2 aromatic heterocycles. The number of hydrogen-bond acceptors (Lipinski definition) is 4. The normalized spacial score (nSPS) is 11.7. The van der Waals surface area contributed by atoms with Crippen molar-refractivity contribution in [1.29, 1.82) is 0 Å². The molecule has 0 saturated carbocycles. The molecule has 2 amide bonds. The highest BCUT2D eigenvalue weighted by Gasteiger charge is 2.19. The Bertz CT molecular complexity index is 1460. The first-order valence-electron chi connectivity index (χ1n) is 11.0. The summed E-state index contributed by atoms with van der Waals surface area (Å²) in [6.07, 6.45) is 0. The van der Waals surface area contributed by atoms with Gasteiger partial charge >= 0.3 is 0 Å². The number of aromatic nitrogens is 3. The number of benzene rings is 2. The molecule has 9 heteroatoms. The molecule has 0 radical (unpaired) electrons. The highest BCUT2D eigenvalue weighted by atomic mass is 35.5. The van der Waals surface area contributed by atoms with Gasteiger partial charge in [0, 0.05) is 17.1 Å². The van der Waals surface area contributed by atoms with Crippen LogP contribution in [0.15, 0.2) is 71.5 Å². The molecule has 0 bridgehead atoms. The Balaban J connectivity index is 1.45. The first-order valence-corrected chi connectivity index (χ1v) is 11.3. The van der Waals surface area contributed by atoms with Gasteiger partial charge in [-0.3, -0.25) is 19.1 Å². The molecule has 0 aliphatic carbocycles. The molecule has 8 nitrogen and oxygen atoms in total. The van der Waals surface area contributed by atoms with Gasteiger partial charge in [0.1, 0.15) is 11.6 Å². The van der Waals surface area contributed by atoms with Crippen LogP contribution in [0.5, 0.6) is 0 Å². The van der Waals surface area contributed by atoms with Gasteiger partial charge in [0.2, 0.25) is 5.91 Å². The van der Waals surface area contributed by atoms with Crippen molar-refractivity contribution in [3.63, 3.8) is 0 Å². The third kappa shape index (κ3) is 5.33. The quantitative estimate of drug-likeness (QED) is 0.355. The third-order valence-electron chi connectivity index (χ3n) is 5.51. The van der Waals surface area contributed by atoms with Crippen LogP contribution in [0.25, 0.3) is 11.3 Å². The zero-order valence-corrected chi connectivity index (χ0v) is 20.2. The molecule has 1 unspecified atom stereocenters. The van der Waals surface area contributed by atoms with Crippen LogP contribution in [0.2, 0.25) is 5.02 Å². The lowest BCUT2D eigenvalue weighted by Gasteiger charge is -2.16. The minimum atomic E-state index is -0.572. The second-order valence-corrected chi connectivity index (χ2v) is 8.57. The van der Waals surface area contributed by atoms with Crippen LogP contribution in [0.3, 0.4) is 0 Å². The minimum Gasteiger partial charge on any atom is -0.323 e. The molecule has 0 fully saturated rings. The SMILES string of the molecule is Cc1cc(C)n(C(C)C(=O)Nc2ccc(NC(=O)c3ccc(-c4ccccc4)[nH]c3=O)cc2Cl)n1. The fraction of sp³-hybridized carbons (Fsp3) is 0.154. The van der Waals surface area contributed by atoms with E-state index in [0.717, 1.165) is 17.0 Å². The molecule has 0 spiro atoms. The Morgan fingerprint density at radius 2 is 1.74 bits per heavy atom. The third-order valence-corrected chi connectivity index (χ3v) is 5.83. The zero-order valence-electron chi connectivity index (χ0n) is 19.4. The second-order valence-electron chi connectivity index (χ2n) is 8.17. The van der Waals surface area contributed by atoms with E-state index in [2.05, 4.69) is 20.7 Å². The molecule has 35 heavy (non-hydrogen) atoms. The fourth-order valence-electron chi connectivity index (χ4n) is 3.72. The maximum absolute atomic E-state index is 12.7. The maximum atomic E-state index is 12.7. The Morgan fingerprint density at radius 3 is 2.37 bits per heavy atom. The monoisotopic (exact) mass is 489 g/mol. The number of carbonyl (C=O) groups is 2. The first-order chi connectivity index (χ1) is 16.7. The van der Waals surface area contributed by atoms with Gasteiger partial charge in [-0.15, -0.1) is 0 Å². The van der Waals surface area contributed by atoms with Crippen molar-refractivity contribution in [1.82, 2.24) is 14.8 Å². The molecule has 0 aliphatic heterocycles. The Hall–Kier alpha value is -4.17. The summed E-state index contributed by atoms with van der Waals surface area (Å²) in [5.41, 5.74) is 3.41. The van der Waals surface area contributed by atoms with E-state index in [-0.39, 0.29) is 16.5 Å². The summed E-state index contributed by atoms with van der Waals surface area (Å²) in [6.45, 7) is 5.50. The lowest BCUT2D eigenvalue weighted by molar-refractivity contribution is -0.119. The largest absolute Gasteiger partial charge is 0.323 e. The number of carbonyl (C=O) groups excluding carboxylic acids is 2. The van der Waals surface area contributed by atoms with Crippen LogP contribution >= 0.6 is 11.6 Å². The van der Waals surface area contributed by atoms with Crippen molar-refractivity contribution in [2.45, 2.75) is 26.8 Å². The van der Waals surface area contributed by atoms with E-state index in [0.29, 0.717) is 17.1 Å². The molecule has 4 aromatic rings. The van der Waals surface area contributed by atoms with Crippen LogP contribution in [0.4, 0.5) is 11.4 Å². The van der Waals surface area contributed by atoms with Gasteiger partial charge in [-0.25, -0.2) is 0 Å². The van der Waals surface area contributed by atoms with Crippen molar-refractivity contribution in [2.24, 2.45) is 0 Å².